The van der Waals surface area contributed by atoms with E-state index in [1.54, 1.807) is 12.3 Å². The van der Waals surface area contributed by atoms with Gasteiger partial charge in [-0.2, -0.15) is 9.78 Å². The van der Waals surface area contributed by atoms with E-state index in [9.17, 15) is 4.79 Å². The lowest BCUT2D eigenvalue weighted by atomic mass is 10.2. The quantitative estimate of drug-likeness (QED) is 0.862. The molecule has 5 nitrogen and oxygen atoms in total. The molecule has 1 aromatic heterocycles. The summed E-state index contributed by atoms with van der Waals surface area (Å²) in [5, 5.41) is 4.17. The molecule has 0 fully saturated rings. The summed E-state index contributed by atoms with van der Waals surface area (Å²) in [5.74, 6) is 0.334. The van der Waals surface area contributed by atoms with E-state index in [2.05, 4.69) is 36.0 Å². The van der Waals surface area contributed by atoms with Crippen LogP contribution in [0.15, 0.2) is 46.3 Å². The highest BCUT2D eigenvalue weighted by molar-refractivity contribution is 5.80. The van der Waals surface area contributed by atoms with Crippen LogP contribution in [-0.2, 0) is 0 Å². The van der Waals surface area contributed by atoms with Crippen LogP contribution in [0.3, 0.4) is 0 Å². The summed E-state index contributed by atoms with van der Waals surface area (Å²) in [7, 11) is 0. The smallest absolute Gasteiger partial charge is 0.273 e. The average Bonchev–Trinajstić information content (AvgIpc) is 2.49. The lowest BCUT2D eigenvalue weighted by Gasteiger charge is -2.20. The highest BCUT2D eigenvalue weighted by Crippen LogP contribution is 2.14. The molecule has 1 heterocycles. The Bertz CT molecular complexity index is 712. The second-order valence-corrected chi connectivity index (χ2v) is 5.12. The van der Waals surface area contributed by atoms with Gasteiger partial charge in [0.1, 0.15) is 5.82 Å². The minimum atomic E-state index is -0.228. The van der Waals surface area contributed by atoms with Crippen LogP contribution in [0.25, 0.3) is 0 Å². The molecule has 0 spiro atoms. The maximum Gasteiger partial charge on any atom is 0.273 e. The molecule has 0 atom stereocenters. The van der Waals surface area contributed by atoms with Gasteiger partial charge in [0.2, 0.25) is 0 Å². The number of hydrogen-bond donors (Lipinski definition) is 1. The molecule has 0 saturated carbocycles. The first kappa shape index (κ1) is 15.8. The second-order valence-electron chi connectivity index (χ2n) is 5.12. The first-order chi connectivity index (χ1) is 10.5. The van der Waals surface area contributed by atoms with Crippen LogP contribution in [-0.4, -0.2) is 24.0 Å². The van der Waals surface area contributed by atoms with E-state index in [1.807, 2.05) is 19.1 Å². The van der Waals surface area contributed by atoms with Crippen LogP contribution < -0.4 is 16.2 Å². The van der Waals surface area contributed by atoms with Crippen molar-refractivity contribution in [3.8, 4) is 0 Å². The summed E-state index contributed by atoms with van der Waals surface area (Å²) in [6.45, 7) is 8.03. The molecule has 5 heteroatoms. The number of pyridine rings is 1. The van der Waals surface area contributed by atoms with Crippen LogP contribution in [0.2, 0.25) is 0 Å². The fourth-order valence-electron chi connectivity index (χ4n) is 2.33. The van der Waals surface area contributed by atoms with Gasteiger partial charge in [-0.15, -0.1) is 0 Å². The average molecular weight is 298 g/mol. The Morgan fingerprint density at radius 2 is 1.82 bits per heavy atom. The summed E-state index contributed by atoms with van der Waals surface area (Å²) in [5.41, 5.74) is 8.53. The summed E-state index contributed by atoms with van der Waals surface area (Å²) < 4.78 is 1.20. The van der Waals surface area contributed by atoms with Crippen molar-refractivity contribution in [3.63, 3.8) is 0 Å². The molecule has 0 aliphatic carbocycles. The predicted octanol–water partition coefficient (Wildman–Crippen LogP) is 2.47. The molecule has 2 N–H and O–H groups in total. The van der Waals surface area contributed by atoms with Gasteiger partial charge in [-0.25, -0.2) is 0 Å². The lowest BCUT2D eigenvalue weighted by molar-refractivity contribution is 0.843. The van der Waals surface area contributed by atoms with Crippen molar-refractivity contribution in [2.24, 2.45) is 5.10 Å². The topological polar surface area (TPSA) is 63.6 Å². The fourth-order valence-corrected chi connectivity index (χ4v) is 2.33. The van der Waals surface area contributed by atoms with Gasteiger partial charge < -0.3 is 10.6 Å². The zero-order valence-electron chi connectivity index (χ0n) is 13.3. The van der Waals surface area contributed by atoms with Crippen molar-refractivity contribution in [1.29, 1.82) is 0 Å². The van der Waals surface area contributed by atoms with Crippen molar-refractivity contribution in [2.75, 3.05) is 23.7 Å². The number of nitrogens with zero attached hydrogens (tertiary/aromatic N) is 3. The summed E-state index contributed by atoms with van der Waals surface area (Å²) in [4.78, 5) is 14.1. The second kappa shape index (κ2) is 6.93. The summed E-state index contributed by atoms with van der Waals surface area (Å²) >= 11 is 0. The Kier molecular flexibility index (Phi) is 4.99. The van der Waals surface area contributed by atoms with E-state index >= 15 is 0 Å². The normalized spacial score (nSPS) is 11.0. The van der Waals surface area contributed by atoms with Gasteiger partial charge in [0, 0.05) is 24.8 Å². The van der Waals surface area contributed by atoms with E-state index in [0.29, 0.717) is 5.82 Å². The van der Waals surface area contributed by atoms with Crippen LogP contribution in [0.4, 0.5) is 11.5 Å². The number of rotatable bonds is 5. The van der Waals surface area contributed by atoms with Crippen molar-refractivity contribution < 1.29 is 0 Å². The van der Waals surface area contributed by atoms with Crippen molar-refractivity contribution in [3.05, 3.63) is 57.9 Å². The number of aromatic nitrogens is 1. The van der Waals surface area contributed by atoms with Gasteiger partial charge in [-0.1, -0.05) is 12.1 Å². The molecule has 0 amide bonds. The van der Waals surface area contributed by atoms with Gasteiger partial charge in [0.05, 0.1) is 6.21 Å². The molecule has 0 unspecified atom stereocenters. The molecule has 116 valence electrons. The number of hydrogen-bond acceptors (Lipinski definition) is 4. The minimum absolute atomic E-state index is 0.228. The van der Waals surface area contributed by atoms with E-state index in [0.717, 1.165) is 24.2 Å². The maximum absolute atomic E-state index is 11.9. The molecule has 2 aromatic rings. The van der Waals surface area contributed by atoms with Gasteiger partial charge in [0.25, 0.3) is 5.56 Å². The number of benzene rings is 1. The van der Waals surface area contributed by atoms with Crippen LogP contribution in [0.5, 0.6) is 0 Å². The third-order valence-electron chi connectivity index (χ3n) is 3.52. The molecule has 22 heavy (non-hydrogen) atoms. The van der Waals surface area contributed by atoms with Crippen molar-refractivity contribution >= 4 is 17.7 Å². The molecule has 1 aromatic carbocycles. The molecule has 0 saturated heterocycles. The zero-order chi connectivity index (χ0) is 16.1. The molecule has 2 rings (SSSR count). The Morgan fingerprint density at radius 1 is 1.18 bits per heavy atom. The molecule has 0 aliphatic heterocycles. The van der Waals surface area contributed by atoms with E-state index in [1.165, 1.54) is 16.4 Å². The number of nitrogens with two attached hydrogens (primary N) is 1. The Morgan fingerprint density at radius 3 is 2.36 bits per heavy atom. The highest BCUT2D eigenvalue weighted by Gasteiger charge is 2.02. The lowest BCUT2D eigenvalue weighted by Crippen LogP contribution is -2.21. The SMILES string of the molecule is CCN(CC)c1ccc(/C=N\n2c(N)cc(C)cc2=O)cc1. The Balaban J connectivity index is 2.23. The first-order valence-corrected chi connectivity index (χ1v) is 7.43. The molecular weight excluding hydrogens is 276 g/mol. The minimum Gasteiger partial charge on any atom is -0.384 e. The van der Waals surface area contributed by atoms with Crippen molar-refractivity contribution in [2.45, 2.75) is 20.8 Å². The molecule has 0 radical (unpaired) electrons. The maximum atomic E-state index is 11.9. The zero-order valence-corrected chi connectivity index (χ0v) is 13.3. The van der Waals surface area contributed by atoms with Gasteiger partial charge in [0.15, 0.2) is 0 Å². The standard InChI is InChI=1S/C17H22N4O/c1-4-20(5-2)15-8-6-14(7-9-15)12-19-21-16(18)10-13(3)11-17(21)22/h6-12H,4-5,18H2,1-3H3/b19-12-. The summed E-state index contributed by atoms with van der Waals surface area (Å²) in [6.07, 6.45) is 1.64. The monoisotopic (exact) mass is 298 g/mol. The highest BCUT2D eigenvalue weighted by atomic mass is 16.1. The van der Waals surface area contributed by atoms with Crippen molar-refractivity contribution in [1.82, 2.24) is 4.68 Å². The molecule has 0 aliphatic rings. The van der Waals surface area contributed by atoms with Crippen LogP contribution in [0, 0.1) is 6.92 Å². The Hall–Kier alpha value is -2.56. The van der Waals surface area contributed by atoms with Crippen LogP contribution in [0.1, 0.15) is 25.0 Å². The van der Waals surface area contributed by atoms with E-state index in [-0.39, 0.29) is 5.56 Å². The fraction of sp³-hybridized carbons (Fsp3) is 0.294. The summed E-state index contributed by atoms with van der Waals surface area (Å²) in [6, 6.07) is 11.3. The molecular formula is C17H22N4O. The van der Waals surface area contributed by atoms with Gasteiger partial charge in [-0.05, 0) is 50.1 Å². The largest absolute Gasteiger partial charge is 0.384 e. The van der Waals surface area contributed by atoms with Crippen LogP contribution >= 0.6 is 0 Å². The predicted molar refractivity (Wildman–Crippen MR) is 92.8 cm³/mol. The van der Waals surface area contributed by atoms with Gasteiger partial charge >= 0.3 is 0 Å². The number of anilines is 2. The Labute approximate surface area is 130 Å². The molecule has 0 bridgehead atoms. The third-order valence-corrected chi connectivity index (χ3v) is 3.52. The van der Waals surface area contributed by atoms with Gasteiger partial charge in [-0.3, -0.25) is 4.79 Å². The third kappa shape index (κ3) is 3.55. The number of nitrogen functional groups attached to an aromatic ring is 1. The van der Waals surface area contributed by atoms with E-state index < -0.39 is 0 Å². The number of aryl methyl sites for hydroxylation is 1. The first-order valence-electron chi connectivity index (χ1n) is 7.43. The van der Waals surface area contributed by atoms with E-state index in [4.69, 9.17) is 5.73 Å².